The van der Waals surface area contributed by atoms with Crippen LogP contribution in [0.5, 0.6) is 0 Å². The summed E-state index contributed by atoms with van der Waals surface area (Å²) in [4.78, 5) is 0. The Bertz CT molecular complexity index is 612. The molecule has 2 rings (SSSR count). The van der Waals surface area contributed by atoms with Gasteiger partial charge in [-0.25, -0.2) is 0 Å². The first-order chi connectivity index (χ1) is 9.06. The molecule has 0 unspecified atom stereocenters. The molecule has 0 aromatic heterocycles. The summed E-state index contributed by atoms with van der Waals surface area (Å²) in [6, 6.07) is 13.3. The number of benzene rings is 2. The van der Waals surface area contributed by atoms with E-state index in [1.807, 2.05) is 42.5 Å². The van der Waals surface area contributed by atoms with Crippen molar-refractivity contribution in [1.29, 1.82) is 0 Å². The van der Waals surface area contributed by atoms with E-state index in [1.165, 1.54) is 0 Å². The number of hydrogen-bond donors (Lipinski definition) is 1. The summed E-state index contributed by atoms with van der Waals surface area (Å²) < 4.78 is 2.65. The van der Waals surface area contributed by atoms with Gasteiger partial charge in [0.25, 0.3) is 0 Å². The quantitative estimate of drug-likeness (QED) is 0.433. The molecule has 2 aromatic rings. The van der Waals surface area contributed by atoms with Crippen molar-refractivity contribution < 1.29 is 0 Å². The molecule has 0 amide bonds. The van der Waals surface area contributed by atoms with Crippen LogP contribution in [0.3, 0.4) is 0 Å². The molecule has 98 valence electrons. The van der Waals surface area contributed by atoms with Crippen LogP contribution in [0.25, 0.3) is 0 Å². The number of nitrogens with one attached hydrogen (secondary N) is 1. The third-order valence-electron chi connectivity index (χ3n) is 2.29. The van der Waals surface area contributed by atoms with E-state index < -0.39 is 0 Å². The Kier molecular flexibility index (Phi) is 5.45. The lowest BCUT2D eigenvalue weighted by atomic mass is 10.2. The van der Waals surface area contributed by atoms with E-state index in [2.05, 4.69) is 58.3 Å². The second kappa shape index (κ2) is 6.88. The number of rotatable bonds is 3. The van der Waals surface area contributed by atoms with Gasteiger partial charge in [-0.05, 0) is 62.2 Å². The molecular weight excluding hydrogens is 459 g/mol. The number of halogens is 4. The van der Waals surface area contributed by atoms with Gasteiger partial charge >= 0.3 is 0 Å². The summed E-state index contributed by atoms with van der Waals surface area (Å²) in [5.74, 6) is 0. The molecule has 0 saturated carbocycles. The maximum absolute atomic E-state index is 5.84. The molecule has 0 saturated heterocycles. The molecule has 6 heteroatoms. The largest absolute Gasteiger partial charge is 0.276 e. The third kappa shape index (κ3) is 4.31. The number of nitrogens with zero attached hydrogens (tertiary/aromatic N) is 1. The standard InChI is InChI=1S/C13H8Br3ClN2/c14-9-3-6-12(11(15)7-9)18-19-13(16)8-1-4-10(17)5-2-8/h1-7,18H/b19-13+. The van der Waals surface area contributed by atoms with Crippen molar-refractivity contribution in [3.63, 3.8) is 0 Å². The van der Waals surface area contributed by atoms with Crippen molar-refractivity contribution in [1.82, 2.24) is 0 Å². The normalized spacial score (nSPS) is 11.5. The van der Waals surface area contributed by atoms with Crippen molar-refractivity contribution in [3.8, 4) is 0 Å². The van der Waals surface area contributed by atoms with Crippen molar-refractivity contribution >= 4 is 69.7 Å². The molecule has 0 bridgehead atoms. The van der Waals surface area contributed by atoms with Crippen LogP contribution in [0, 0.1) is 0 Å². The van der Waals surface area contributed by atoms with E-state index in [0.29, 0.717) is 9.64 Å². The minimum absolute atomic E-state index is 0.702. The van der Waals surface area contributed by atoms with Gasteiger partial charge in [0.1, 0.15) is 4.62 Å². The van der Waals surface area contributed by atoms with Crippen LogP contribution in [0.4, 0.5) is 5.69 Å². The average molecular weight is 467 g/mol. The SMILES string of the molecule is Clc1ccc(/C(Br)=N\Nc2ccc(Br)cc2Br)cc1. The molecule has 0 heterocycles. The summed E-state index contributed by atoms with van der Waals surface area (Å²) in [7, 11) is 0. The van der Waals surface area contributed by atoms with Gasteiger partial charge in [0.15, 0.2) is 0 Å². The van der Waals surface area contributed by atoms with Gasteiger partial charge in [-0.3, -0.25) is 5.43 Å². The summed E-state index contributed by atoms with van der Waals surface area (Å²) in [6.45, 7) is 0. The topological polar surface area (TPSA) is 24.4 Å². The highest BCUT2D eigenvalue weighted by Crippen LogP contribution is 2.26. The first-order valence-corrected chi connectivity index (χ1v) is 8.02. The second-order valence-electron chi connectivity index (χ2n) is 3.65. The Morgan fingerprint density at radius 2 is 1.74 bits per heavy atom. The van der Waals surface area contributed by atoms with E-state index in [4.69, 9.17) is 11.6 Å². The van der Waals surface area contributed by atoms with Gasteiger partial charge in [0.05, 0.1) is 5.69 Å². The zero-order valence-corrected chi connectivity index (χ0v) is 15.0. The highest BCUT2D eigenvalue weighted by molar-refractivity contribution is 9.18. The molecule has 1 N–H and O–H groups in total. The molecule has 2 nitrogen and oxygen atoms in total. The van der Waals surface area contributed by atoms with E-state index in [1.54, 1.807) is 0 Å². The summed E-state index contributed by atoms with van der Waals surface area (Å²) in [5, 5.41) is 4.98. The molecule has 0 aliphatic rings. The maximum atomic E-state index is 5.84. The highest BCUT2D eigenvalue weighted by atomic mass is 79.9. The van der Waals surface area contributed by atoms with E-state index >= 15 is 0 Å². The zero-order chi connectivity index (χ0) is 13.8. The highest BCUT2D eigenvalue weighted by Gasteiger charge is 2.02. The lowest BCUT2D eigenvalue weighted by Crippen LogP contribution is -1.97. The van der Waals surface area contributed by atoms with Gasteiger partial charge in [-0.2, -0.15) is 5.10 Å². The number of anilines is 1. The lowest BCUT2D eigenvalue weighted by Gasteiger charge is -2.05. The number of hydrogen-bond acceptors (Lipinski definition) is 2. The first kappa shape index (κ1) is 15.0. The Morgan fingerprint density at radius 3 is 2.37 bits per heavy atom. The molecule has 0 fully saturated rings. The third-order valence-corrected chi connectivity index (χ3v) is 4.32. The van der Waals surface area contributed by atoms with Crippen molar-refractivity contribution in [2.45, 2.75) is 0 Å². The summed E-state index contributed by atoms with van der Waals surface area (Å²) in [6.07, 6.45) is 0. The summed E-state index contributed by atoms with van der Waals surface area (Å²) in [5.41, 5.74) is 4.83. The predicted molar refractivity (Wildman–Crippen MR) is 92.4 cm³/mol. The van der Waals surface area contributed by atoms with E-state index in [9.17, 15) is 0 Å². The maximum Gasteiger partial charge on any atom is 0.133 e. The first-order valence-electron chi connectivity index (χ1n) is 5.26. The molecule has 0 aliphatic heterocycles. The molecule has 19 heavy (non-hydrogen) atoms. The fourth-order valence-corrected chi connectivity index (χ4v) is 2.96. The van der Waals surface area contributed by atoms with Gasteiger partial charge in [0.2, 0.25) is 0 Å². The molecule has 2 aromatic carbocycles. The molecule has 0 spiro atoms. The van der Waals surface area contributed by atoms with Crippen molar-refractivity contribution in [2.75, 3.05) is 5.43 Å². The fraction of sp³-hybridized carbons (Fsp3) is 0. The number of hydrazone groups is 1. The van der Waals surface area contributed by atoms with Crippen LogP contribution in [0.15, 0.2) is 56.5 Å². The van der Waals surface area contributed by atoms with Crippen LogP contribution in [-0.4, -0.2) is 4.62 Å². The van der Waals surface area contributed by atoms with Crippen molar-refractivity contribution in [2.24, 2.45) is 5.10 Å². The Balaban J connectivity index is 2.15. The molecule has 0 atom stereocenters. The molecule has 0 radical (unpaired) electrons. The molecule has 0 aliphatic carbocycles. The lowest BCUT2D eigenvalue weighted by molar-refractivity contribution is 1.33. The monoisotopic (exact) mass is 464 g/mol. The van der Waals surface area contributed by atoms with Gasteiger partial charge in [-0.15, -0.1) is 0 Å². The van der Waals surface area contributed by atoms with Crippen LogP contribution < -0.4 is 5.43 Å². The fourth-order valence-electron chi connectivity index (χ4n) is 1.34. The van der Waals surface area contributed by atoms with E-state index in [0.717, 1.165) is 20.2 Å². The van der Waals surface area contributed by atoms with Crippen LogP contribution in [-0.2, 0) is 0 Å². The van der Waals surface area contributed by atoms with Crippen molar-refractivity contribution in [3.05, 3.63) is 62.0 Å². The van der Waals surface area contributed by atoms with E-state index in [-0.39, 0.29) is 0 Å². The van der Waals surface area contributed by atoms with Crippen LogP contribution in [0.1, 0.15) is 5.56 Å². The van der Waals surface area contributed by atoms with Crippen LogP contribution >= 0.6 is 59.4 Å². The summed E-state index contributed by atoms with van der Waals surface area (Å²) >= 11 is 16.1. The Hall–Kier alpha value is -0.360. The second-order valence-corrected chi connectivity index (χ2v) is 6.60. The van der Waals surface area contributed by atoms with Crippen LogP contribution in [0.2, 0.25) is 5.02 Å². The predicted octanol–water partition coefficient (Wildman–Crippen LogP) is 6.03. The minimum Gasteiger partial charge on any atom is -0.276 e. The van der Waals surface area contributed by atoms with Gasteiger partial charge < -0.3 is 0 Å². The van der Waals surface area contributed by atoms with Gasteiger partial charge in [0, 0.05) is 19.5 Å². The Labute approximate surface area is 141 Å². The molecular formula is C13H8Br3ClN2. The average Bonchev–Trinajstić information content (AvgIpc) is 2.38. The smallest absolute Gasteiger partial charge is 0.133 e. The minimum atomic E-state index is 0.702. The van der Waals surface area contributed by atoms with Gasteiger partial charge in [-0.1, -0.05) is 39.7 Å². The Morgan fingerprint density at radius 1 is 1.05 bits per heavy atom. The zero-order valence-electron chi connectivity index (χ0n) is 9.50.